The van der Waals surface area contributed by atoms with E-state index < -0.39 is 5.97 Å². The van der Waals surface area contributed by atoms with Crippen LogP contribution in [-0.4, -0.2) is 17.7 Å². The fourth-order valence-electron chi connectivity index (χ4n) is 3.97. The SMILES string of the molecule is O=C(O)/C=C/c1ccc(/C(=C2/COc3ccccc32)c2ccc3c(c2)CNN3)cc1. The third kappa shape index (κ3) is 3.36. The quantitative estimate of drug-likeness (QED) is 0.564. The molecule has 0 aliphatic carbocycles. The van der Waals surface area contributed by atoms with Crippen LogP contribution >= 0.6 is 0 Å². The van der Waals surface area contributed by atoms with E-state index in [0.717, 1.165) is 57.5 Å². The Balaban J connectivity index is 1.65. The van der Waals surface area contributed by atoms with Gasteiger partial charge in [-0.2, -0.15) is 0 Å². The highest BCUT2D eigenvalue weighted by Crippen LogP contribution is 2.41. The van der Waals surface area contributed by atoms with Gasteiger partial charge >= 0.3 is 5.97 Å². The van der Waals surface area contributed by atoms with Crippen molar-refractivity contribution >= 4 is 28.9 Å². The standard InChI is InChI=1S/C25H20N2O3/c28-24(29)12-7-16-5-8-17(9-6-16)25(18-10-11-22-19(13-18)14-26-27-22)21-15-30-23-4-2-1-3-20(21)23/h1-13,26-27H,14-15H2,(H,28,29)/b12-7+,25-21+. The summed E-state index contributed by atoms with van der Waals surface area (Å²) < 4.78 is 5.96. The summed E-state index contributed by atoms with van der Waals surface area (Å²) >= 11 is 0. The van der Waals surface area contributed by atoms with E-state index in [1.54, 1.807) is 6.08 Å². The van der Waals surface area contributed by atoms with Crippen molar-refractivity contribution in [3.05, 3.63) is 101 Å². The van der Waals surface area contributed by atoms with Gasteiger partial charge in [-0.3, -0.25) is 0 Å². The van der Waals surface area contributed by atoms with Gasteiger partial charge in [0.05, 0.1) is 5.69 Å². The maximum atomic E-state index is 10.8. The number of hydrazine groups is 1. The van der Waals surface area contributed by atoms with E-state index in [-0.39, 0.29) is 0 Å². The smallest absolute Gasteiger partial charge is 0.328 e. The Morgan fingerprint density at radius 3 is 2.63 bits per heavy atom. The van der Waals surface area contributed by atoms with Crippen LogP contribution in [0.5, 0.6) is 5.75 Å². The number of carbonyl (C=O) groups is 1. The van der Waals surface area contributed by atoms with Crippen LogP contribution in [0.4, 0.5) is 5.69 Å². The monoisotopic (exact) mass is 396 g/mol. The minimum Gasteiger partial charge on any atom is -0.488 e. The fraction of sp³-hybridized carbons (Fsp3) is 0.0800. The molecular weight excluding hydrogens is 376 g/mol. The molecule has 0 spiro atoms. The average molecular weight is 396 g/mol. The molecule has 0 aromatic heterocycles. The number of anilines is 1. The van der Waals surface area contributed by atoms with Crippen LogP contribution in [0.1, 0.15) is 27.8 Å². The highest BCUT2D eigenvalue weighted by atomic mass is 16.5. The first-order chi connectivity index (χ1) is 14.7. The average Bonchev–Trinajstić information content (AvgIpc) is 3.40. The molecule has 5 nitrogen and oxygen atoms in total. The molecule has 0 saturated carbocycles. The van der Waals surface area contributed by atoms with Crippen LogP contribution in [0.2, 0.25) is 0 Å². The van der Waals surface area contributed by atoms with Crippen molar-refractivity contribution in [2.75, 3.05) is 12.0 Å². The van der Waals surface area contributed by atoms with Crippen molar-refractivity contribution in [1.29, 1.82) is 0 Å². The molecule has 0 atom stereocenters. The van der Waals surface area contributed by atoms with Crippen LogP contribution < -0.4 is 15.6 Å². The van der Waals surface area contributed by atoms with E-state index in [1.165, 1.54) is 5.56 Å². The van der Waals surface area contributed by atoms with E-state index in [9.17, 15) is 4.79 Å². The molecule has 0 unspecified atom stereocenters. The number of para-hydroxylation sites is 1. The van der Waals surface area contributed by atoms with Gasteiger partial charge in [-0.25, -0.2) is 10.2 Å². The number of rotatable bonds is 4. The second-order valence-corrected chi connectivity index (χ2v) is 7.28. The van der Waals surface area contributed by atoms with E-state index in [0.29, 0.717) is 6.61 Å². The molecule has 2 heterocycles. The van der Waals surface area contributed by atoms with Gasteiger partial charge in [-0.05, 0) is 52.1 Å². The number of aliphatic carboxylic acids is 1. The Kier molecular flexibility index (Phi) is 4.58. The number of hydrogen-bond donors (Lipinski definition) is 3. The largest absolute Gasteiger partial charge is 0.488 e. The van der Waals surface area contributed by atoms with Crippen LogP contribution in [0, 0.1) is 0 Å². The number of hydrogen-bond acceptors (Lipinski definition) is 4. The highest BCUT2D eigenvalue weighted by molar-refractivity contribution is 6.01. The van der Waals surface area contributed by atoms with Gasteiger partial charge in [0, 0.05) is 23.8 Å². The predicted molar refractivity (Wildman–Crippen MR) is 118 cm³/mol. The summed E-state index contributed by atoms with van der Waals surface area (Å²) in [5.41, 5.74) is 15.1. The van der Waals surface area contributed by atoms with E-state index in [1.807, 2.05) is 42.5 Å². The summed E-state index contributed by atoms with van der Waals surface area (Å²) in [6.45, 7) is 1.29. The Hall–Kier alpha value is -3.83. The summed E-state index contributed by atoms with van der Waals surface area (Å²) in [6.07, 6.45) is 2.75. The topological polar surface area (TPSA) is 70.6 Å². The number of nitrogens with one attached hydrogen (secondary N) is 2. The van der Waals surface area contributed by atoms with Gasteiger partial charge < -0.3 is 15.3 Å². The fourth-order valence-corrected chi connectivity index (χ4v) is 3.97. The van der Waals surface area contributed by atoms with E-state index in [4.69, 9.17) is 9.84 Å². The molecule has 3 N–H and O–H groups in total. The Labute approximate surface area is 174 Å². The van der Waals surface area contributed by atoms with E-state index in [2.05, 4.69) is 35.1 Å². The molecule has 3 aromatic carbocycles. The second-order valence-electron chi connectivity index (χ2n) is 7.28. The van der Waals surface area contributed by atoms with Gasteiger partial charge in [-0.15, -0.1) is 0 Å². The van der Waals surface area contributed by atoms with Gasteiger partial charge in [-0.1, -0.05) is 48.5 Å². The van der Waals surface area contributed by atoms with E-state index >= 15 is 0 Å². The number of benzene rings is 3. The van der Waals surface area contributed by atoms with Gasteiger partial charge in [0.15, 0.2) is 0 Å². The lowest BCUT2D eigenvalue weighted by Crippen LogP contribution is -2.10. The zero-order valence-corrected chi connectivity index (χ0v) is 16.2. The number of ether oxygens (including phenoxy) is 1. The lowest BCUT2D eigenvalue weighted by Gasteiger charge is -2.14. The van der Waals surface area contributed by atoms with Crippen molar-refractivity contribution < 1.29 is 14.6 Å². The summed E-state index contributed by atoms with van der Waals surface area (Å²) in [7, 11) is 0. The number of carboxylic acids is 1. The third-order valence-corrected chi connectivity index (χ3v) is 5.40. The zero-order valence-electron chi connectivity index (χ0n) is 16.2. The molecule has 0 bridgehead atoms. The molecule has 2 aliphatic rings. The summed E-state index contributed by atoms with van der Waals surface area (Å²) in [5.74, 6) is -0.0579. The third-order valence-electron chi connectivity index (χ3n) is 5.40. The van der Waals surface area contributed by atoms with Gasteiger partial charge in [0.2, 0.25) is 0 Å². The maximum Gasteiger partial charge on any atom is 0.328 e. The van der Waals surface area contributed by atoms with Crippen LogP contribution in [0.3, 0.4) is 0 Å². The van der Waals surface area contributed by atoms with Crippen molar-refractivity contribution in [1.82, 2.24) is 5.43 Å². The van der Waals surface area contributed by atoms with Gasteiger partial charge in [0.1, 0.15) is 12.4 Å². The minimum atomic E-state index is -0.957. The maximum absolute atomic E-state index is 10.8. The lowest BCUT2D eigenvalue weighted by atomic mass is 9.89. The van der Waals surface area contributed by atoms with Crippen molar-refractivity contribution in [2.24, 2.45) is 0 Å². The first-order valence-corrected chi connectivity index (χ1v) is 9.78. The summed E-state index contributed by atoms with van der Waals surface area (Å²) in [6, 6.07) is 22.5. The number of carboxylic acid groups (broad SMARTS) is 1. The first kappa shape index (κ1) is 18.2. The molecular formula is C25H20N2O3. The van der Waals surface area contributed by atoms with Crippen LogP contribution in [-0.2, 0) is 11.3 Å². The molecule has 5 rings (SSSR count). The molecule has 30 heavy (non-hydrogen) atoms. The molecule has 0 radical (unpaired) electrons. The lowest BCUT2D eigenvalue weighted by molar-refractivity contribution is -0.131. The van der Waals surface area contributed by atoms with Crippen LogP contribution in [0.15, 0.2) is 72.8 Å². The number of fused-ring (bicyclic) bond motifs is 2. The highest BCUT2D eigenvalue weighted by Gasteiger charge is 2.23. The molecule has 0 fully saturated rings. The minimum absolute atomic E-state index is 0.517. The zero-order chi connectivity index (χ0) is 20.5. The van der Waals surface area contributed by atoms with Gasteiger partial charge in [0.25, 0.3) is 0 Å². The normalized spacial score (nSPS) is 16.0. The molecule has 148 valence electrons. The van der Waals surface area contributed by atoms with Crippen molar-refractivity contribution in [3.8, 4) is 5.75 Å². The second kappa shape index (κ2) is 7.54. The summed E-state index contributed by atoms with van der Waals surface area (Å²) in [5, 5.41) is 8.86. The summed E-state index contributed by atoms with van der Waals surface area (Å²) in [4.78, 5) is 10.8. The molecule has 2 aliphatic heterocycles. The first-order valence-electron chi connectivity index (χ1n) is 9.78. The Bertz CT molecular complexity index is 1190. The van der Waals surface area contributed by atoms with Crippen molar-refractivity contribution in [2.45, 2.75) is 6.54 Å². The van der Waals surface area contributed by atoms with Crippen LogP contribution in [0.25, 0.3) is 17.2 Å². The molecule has 5 heteroatoms. The predicted octanol–water partition coefficient (Wildman–Crippen LogP) is 4.57. The molecule has 0 amide bonds. The Morgan fingerprint density at radius 2 is 1.80 bits per heavy atom. The van der Waals surface area contributed by atoms with Crippen molar-refractivity contribution in [3.63, 3.8) is 0 Å². The Morgan fingerprint density at radius 1 is 1.00 bits per heavy atom. The molecule has 3 aromatic rings. The molecule has 0 saturated heterocycles.